The van der Waals surface area contributed by atoms with Crippen LogP contribution < -0.4 is 5.73 Å². The number of para-hydroxylation sites is 1. The third-order valence-corrected chi connectivity index (χ3v) is 0.756. The number of hydrogen-bond acceptors (Lipinski definition) is 2. The van der Waals surface area contributed by atoms with Gasteiger partial charge >= 0.3 is 0 Å². The molecule has 0 aromatic heterocycles. The first-order valence-electron chi connectivity index (χ1n) is 3.17. The lowest BCUT2D eigenvalue weighted by molar-refractivity contribution is 0.475. The molecule has 0 radical (unpaired) electrons. The second-order valence-electron chi connectivity index (χ2n) is 2.02. The van der Waals surface area contributed by atoms with Crippen LogP contribution in [0.4, 0.5) is 0 Å². The fourth-order valence-corrected chi connectivity index (χ4v) is 0.428. The Morgan fingerprint density at radius 1 is 1.36 bits per heavy atom. The summed E-state index contributed by atoms with van der Waals surface area (Å²) in [6.07, 6.45) is 0. The van der Waals surface area contributed by atoms with Gasteiger partial charge in [0.15, 0.2) is 0 Å². The molecule has 4 N–H and O–H groups in total. The summed E-state index contributed by atoms with van der Waals surface area (Å²) in [5, 5.41) is 14.9. The number of hydrogen-bond donors (Lipinski definition) is 3. The first kappa shape index (κ1) is 9.49. The molecule has 1 rings (SSSR count). The van der Waals surface area contributed by atoms with E-state index in [-0.39, 0.29) is 5.84 Å². The molecular weight excluding hydrogens is 140 g/mol. The number of amidine groups is 1. The predicted molar refractivity (Wildman–Crippen MR) is 45.7 cm³/mol. The van der Waals surface area contributed by atoms with Crippen LogP contribution in [0, 0.1) is 5.41 Å². The summed E-state index contributed by atoms with van der Waals surface area (Å²) in [4.78, 5) is 0. The Hall–Kier alpha value is -1.51. The quantitative estimate of drug-likeness (QED) is 0.387. The zero-order valence-electron chi connectivity index (χ0n) is 6.41. The predicted octanol–water partition coefficient (Wildman–Crippen LogP) is 1.33. The minimum atomic E-state index is 0.167. The molecule has 1 aromatic rings. The van der Waals surface area contributed by atoms with Crippen LogP contribution in [-0.4, -0.2) is 10.9 Å². The molecule has 0 unspecified atom stereocenters. The molecule has 0 saturated heterocycles. The lowest BCUT2D eigenvalue weighted by Gasteiger charge is -1.82. The molecule has 0 bridgehead atoms. The highest BCUT2D eigenvalue weighted by atomic mass is 16.3. The van der Waals surface area contributed by atoms with E-state index < -0.39 is 0 Å². The normalized spacial score (nSPS) is 7.73. The van der Waals surface area contributed by atoms with Crippen LogP contribution in [-0.2, 0) is 0 Å². The molecule has 0 aliphatic carbocycles. The van der Waals surface area contributed by atoms with Crippen LogP contribution in [0.3, 0.4) is 0 Å². The van der Waals surface area contributed by atoms with Crippen LogP contribution >= 0.6 is 0 Å². The summed E-state index contributed by atoms with van der Waals surface area (Å²) in [6, 6.07) is 8.71. The molecule has 0 heterocycles. The molecule has 0 fully saturated rings. The summed E-state index contributed by atoms with van der Waals surface area (Å²) in [6.45, 7) is 1.53. The van der Waals surface area contributed by atoms with Gasteiger partial charge in [-0.2, -0.15) is 0 Å². The van der Waals surface area contributed by atoms with Gasteiger partial charge in [0.2, 0.25) is 0 Å². The summed E-state index contributed by atoms with van der Waals surface area (Å²) < 4.78 is 0. The van der Waals surface area contributed by atoms with Crippen molar-refractivity contribution < 1.29 is 5.11 Å². The number of nitrogens with one attached hydrogen (secondary N) is 1. The molecule has 3 heteroatoms. The largest absolute Gasteiger partial charge is 0.508 e. The van der Waals surface area contributed by atoms with Crippen molar-refractivity contribution in [1.29, 1.82) is 5.41 Å². The molecule has 0 spiro atoms. The number of benzene rings is 1. The van der Waals surface area contributed by atoms with E-state index in [4.69, 9.17) is 16.2 Å². The SMILES string of the molecule is CC(=N)N.Oc1ccccc1. The van der Waals surface area contributed by atoms with Crippen molar-refractivity contribution in [2.75, 3.05) is 0 Å². The minimum absolute atomic E-state index is 0.167. The highest BCUT2D eigenvalue weighted by molar-refractivity contribution is 5.73. The van der Waals surface area contributed by atoms with Crippen molar-refractivity contribution in [2.24, 2.45) is 5.73 Å². The fraction of sp³-hybridized carbons (Fsp3) is 0.125. The topological polar surface area (TPSA) is 70.1 Å². The third kappa shape index (κ3) is 8.49. The number of aromatic hydroxyl groups is 1. The standard InChI is InChI=1S/C6H6O.C2H6N2/c7-6-4-2-1-3-5-6;1-2(3)4/h1-5,7H;1H3,(H3,3,4). The maximum atomic E-state index is 8.63. The highest BCUT2D eigenvalue weighted by Crippen LogP contribution is 2.02. The van der Waals surface area contributed by atoms with Gasteiger partial charge in [-0.1, -0.05) is 18.2 Å². The van der Waals surface area contributed by atoms with Gasteiger partial charge in [0, 0.05) is 0 Å². The van der Waals surface area contributed by atoms with Gasteiger partial charge in [0.1, 0.15) is 5.75 Å². The van der Waals surface area contributed by atoms with Crippen LogP contribution in [0.2, 0.25) is 0 Å². The average molecular weight is 152 g/mol. The molecule has 60 valence electrons. The molecule has 3 nitrogen and oxygen atoms in total. The lowest BCUT2D eigenvalue weighted by Crippen LogP contribution is -2.00. The zero-order valence-corrected chi connectivity index (χ0v) is 6.41. The number of phenolic OH excluding ortho intramolecular Hbond substituents is 1. The van der Waals surface area contributed by atoms with Gasteiger partial charge in [0.05, 0.1) is 5.84 Å². The van der Waals surface area contributed by atoms with Crippen LogP contribution in [0.1, 0.15) is 6.92 Å². The second-order valence-corrected chi connectivity index (χ2v) is 2.02. The van der Waals surface area contributed by atoms with Gasteiger partial charge in [-0.25, -0.2) is 0 Å². The van der Waals surface area contributed by atoms with Gasteiger partial charge in [-0.15, -0.1) is 0 Å². The second kappa shape index (κ2) is 5.29. The Morgan fingerprint density at radius 2 is 1.73 bits per heavy atom. The minimum Gasteiger partial charge on any atom is -0.508 e. The van der Waals surface area contributed by atoms with Crippen molar-refractivity contribution >= 4 is 5.84 Å². The molecule has 11 heavy (non-hydrogen) atoms. The molecule has 0 amide bonds. The summed E-state index contributed by atoms with van der Waals surface area (Å²) >= 11 is 0. The summed E-state index contributed by atoms with van der Waals surface area (Å²) in [7, 11) is 0. The van der Waals surface area contributed by atoms with Crippen LogP contribution in [0.15, 0.2) is 30.3 Å². The highest BCUT2D eigenvalue weighted by Gasteiger charge is 1.74. The van der Waals surface area contributed by atoms with Gasteiger partial charge in [-0.05, 0) is 19.1 Å². The Labute approximate surface area is 66.0 Å². The summed E-state index contributed by atoms with van der Waals surface area (Å²) in [5.41, 5.74) is 4.69. The van der Waals surface area contributed by atoms with E-state index >= 15 is 0 Å². The average Bonchev–Trinajstić information content (AvgIpc) is 1.87. The molecule has 0 aliphatic heterocycles. The van der Waals surface area contributed by atoms with Crippen LogP contribution in [0.5, 0.6) is 5.75 Å². The fourth-order valence-electron chi connectivity index (χ4n) is 0.428. The smallest absolute Gasteiger partial charge is 0.115 e. The number of phenols is 1. The van der Waals surface area contributed by atoms with Crippen molar-refractivity contribution in [2.45, 2.75) is 6.92 Å². The molecular formula is C8H12N2O. The first-order valence-corrected chi connectivity index (χ1v) is 3.17. The Morgan fingerprint density at radius 3 is 1.91 bits per heavy atom. The van der Waals surface area contributed by atoms with E-state index in [1.54, 1.807) is 24.3 Å². The van der Waals surface area contributed by atoms with E-state index in [0.29, 0.717) is 5.75 Å². The van der Waals surface area contributed by atoms with Crippen molar-refractivity contribution in [3.05, 3.63) is 30.3 Å². The Bertz CT molecular complexity index is 205. The molecule has 0 saturated carbocycles. The Balaban J connectivity index is 0.000000218. The number of nitrogens with two attached hydrogens (primary N) is 1. The monoisotopic (exact) mass is 152 g/mol. The van der Waals surface area contributed by atoms with E-state index in [1.165, 1.54) is 6.92 Å². The van der Waals surface area contributed by atoms with E-state index in [2.05, 4.69) is 0 Å². The molecule has 0 aliphatic rings. The lowest BCUT2D eigenvalue weighted by atomic mass is 10.3. The van der Waals surface area contributed by atoms with E-state index in [0.717, 1.165) is 0 Å². The summed E-state index contributed by atoms with van der Waals surface area (Å²) in [5.74, 6) is 0.488. The van der Waals surface area contributed by atoms with Gasteiger partial charge in [0.25, 0.3) is 0 Å². The maximum absolute atomic E-state index is 8.63. The first-order chi connectivity index (χ1) is 5.13. The van der Waals surface area contributed by atoms with E-state index in [9.17, 15) is 0 Å². The molecule has 1 aromatic carbocycles. The molecule has 0 atom stereocenters. The maximum Gasteiger partial charge on any atom is 0.115 e. The van der Waals surface area contributed by atoms with Gasteiger partial charge < -0.3 is 10.8 Å². The van der Waals surface area contributed by atoms with Crippen molar-refractivity contribution in [3.63, 3.8) is 0 Å². The third-order valence-electron chi connectivity index (χ3n) is 0.756. The number of rotatable bonds is 0. The Kier molecular flexibility index (Phi) is 4.56. The van der Waals surface area contributed by atoms with Crippen molar-refractivity contribution in [3.8, 4) is 5.75 Å². The van der Waals surface area contributed by atoms with E-state index in [1.807, 2.05) is 6.07 Å². The van der Waals surface area contributed by atoms with Gasteiger partial charge in [-0.3, -0.25) is 5.41 Å². The van der Waals surface area contributed by atoms with Crippen LogP contribution in [0.25, 0.3) is 0 Å². The zero-order chi connectivity index (χ0) is 8.69. The van der Waals surface area contributed by atoms with Crippen molar-refractivity contribution in [1.82, 2.24) is 0 Å².